The fraction of sp³-hybridized carbons (Fsp3) is 0. The van der Waals surface area contributed by atoms with E-state index in [1.165, 1.54) is 70.8 Å². The maximum absolute atomic E-state index is 5.23. The van der Waals surface area contributed by atoms with Crippen LogP contribution in [-0.4, -0.2) is 14.5 Å². The van der Waals surface area contributed by atoms with Gasteiger partial charge in [-0.25, -0.2) is 9.97 Å². The minimum absolute atomic E-state index is 0.695. The van der Waals surface area contributed by atoms with Gasteiger partial charge in [0.2, 0.25) is 0 Å². The highest BCUT2D eigenvalue weighted by atomic mass is 15.0. The first-order valence-corrected chi connectivity index (χ1v) is 20.8. The predicted molar refractivity (Wildman–Crippen MR) is 256 cm³/mol. The minimum atomic E-state index is 0.695. The van der Waals surface area contributed by atoms with Crippen molar-refractivity contribution in [3.05, 3.63) is 224 Å². The van der Waals surface area contributed by atoms with E-state index in [9.17, 15) is 0 Å². The summed E-state index contributed by atoms with van der Waals surface area (Å²) in [5.41, 5.74) is 13.1. The molecule has 3 heteroatoms. The molecule has 0 spiro atoms. The van der Waals surface area contributed by atoms with Crippen molar-refractivity contribution in [2.75, 3.05) is 0 Å². The Kier molecular flexibility index (Phi) is 8.17. The molecular weight excluding hydrogens is 739 g/mol. The first-order chi connectivity index (χ1) is 30.2. The standard InChI is InChI=1S/C58H37N3/c1-3-14-40(15-4-1)53-37-54(41-25-23-38(24-26-41)44-32-34-56-52(35-44)49-21-11-12-22-55(49)61(56)46-17-5-2-6-18-46)60-58(59-53)43-29-27-42(28-30-43)57-48-20-10-8-16-45(48)36-51-47-19-9-7-13-39(47)31-33-50(51)57/h1-37H. The lowest BCUT2D eigenvalue weighted by Crippen LogP contribution is -1.96. The van der Waals surface area contributed by atoms with E-state index < -0.39 is 0 Å². The summed E-state index contributed by atoms with van der Waals surface area (Å²) in [7, 11) is 0. The molecule has 0 radical (unpaired) electrons. The van der Waals surface area contributed by atoms with E-state index in [0.717, 1.165) is 39.3 Å². The second-order valence-electron chi connectivity index (χ2n) is 15.8. The average Bonchev–Trinajstić information content (AvgIpc) is 3.67. The Morgan fingerprint density at radius 1 is 0.279 bits per heavy atom. The molecule has 0 saturated heterocycles. The molecule has 2 aromatic heterocycles. The Morgan fingerprint density at radius 2 is 0.836 bits per heavy atom. The molecule has 0 N–H and O–H groups in total. The quantitative estimate of drug-likeness (QED) is 0.124. The van der Waals surface area contributed by atoms with Crippen LogP contribution >= 0.6 is 0 Å². The SMILES string of the molecule is c1ccc(-c2cc(-c3ccc(-c4ccc5c(c4)c4ccccc4n5-c4ccccc4)cc3)nc(-c3ccc(-c4c5ccccc5cc5c4ccc4ccccc45)cc3)n2)cc1. The van der Waals surface area contributed by atoms with Gasteiger partial charge in [-0.1, -0.05) is 182 Å². The van der Waals surface area contributed by atoms with Crippen molar-refractivity contribution in [3.63, 3.8) is 0 Å². The second kappa shape index (κ2) is 14.3. The first-order valence-electron chi connectivity index (χ1n) is 20.8. The lowest BCUT2D eigenvalue weighted by Gasteiger charge is -2.15. The van der Waals surface area contributed by atoms with Crippen LogP contribution in [0, 0.1) is 0 Å². The van der Waals surface area contributed by atoms with Gasteiger partial charge in [-0.2, -0.15) is 0 Å². The fourth-order valence-corrected chi connectivity index (χ4v) is 9.24. The van der Waals surface area contributed by atoms with Gasteiger partial charge in [0.1, 0.15) is 0 Å². The van der Waals surface area contributed by atoms with Gasteiger partial charge in [-0.3, -0.25) is 0 Å². The molecule has 0 atom stereocenters. The van der Waals surface area contributed by atoms with E-state index in [1.807, 2.05) is 6.07 Å². The molecule has 0 fully saturated rings. The Bertz CT molecular complexity index is 3610. The third-order valence-corrected chi connectivity index (χ3v) is 12.2. The fourth-order valence-electron chi connectivity index (χ4n) is 9.24. The van der Waals surface area contributed by atoms with Gasteiger partial charge >= 0.3 is 0 Å². The molecular formula is C58H37N3. The maximum atomic E-state index is 5.23. The number of aromatic nitrogens is 3. The molecule has 0 unspecified atom stereocenters. The van der Waals surface area contributed by atoms with Gasteiger partial charge in [0, 0.05) is 33.2 Å². The summed E-state index contributed by atoms with van der Waals surface area (Å²) in [6.07, 6.45) is 0. The number of hydrogen-bond acceptors (Lipinski definition) is 2. The average molecular weight is 776 g/mol. The van der Waals surface area contributed by atoms with E-state index in [0.29, 0.717) is 5.82 Å². The summed E-state index contributed by atoms with van der Waals surface area (Å²) in [6, 6.07) is 80.4. The number of hydrogen-bond donors (Lipinski definition) is 0. The lowest BCUT2D eigenvalue weighted by molar-refractivity contribution is 1.18. The summed E-state index contributed by atoms with van der Waals surface area (Å²) >= 11 is 0. The lowest BCUT2D eigenvalue weighted by atomic mass is 9.89. The summed E-state index contributed by atoms with van der Waals surface area (Å²) < 4.78 is 2.36. The Hall–Kier alpha value is -8.14. The number of benzene rings is 10. The molecule has 0 amide bonds. The molecule has 12 aromatic rings. The molecule has 0 aliphatic heterocycles. The molecule has 10 aromatic carbocycles. The highest BCUT2D eigenvalue weighted by molar-refractivity contribution is 6.20. The molecule has 0 bridgehead atoms. The normalized spacial score (nSPS) is 11.6. The summed E-state index contributed by atoms with van der Waals surface area (Å²) in [5, 5.41) is 9.98. The Morgan fingerprint density at radius 3 is 1.61 bits per heavy atom. The maximum Gasteiger partial charge on any atom is 0.160 e. The number of rotatable bonds is 6. The molecule has 0 aliphatic carbocycles. The van der Waals surface area contributed by atoms with Gasteiger partial charge in [0.25, 0.3) is 0 Å². The topological polar surface area (TPSA) is 30.7 Å². The van der Waals surface area contributed by atoms with Crippen LogP contribution in [0.2, 0.25) is 0 Å². The summed E-state index contributed by atoms with van der Waals surface area (Å²) in [5.74, 6) is 0.695. The van der Waals surface area contributed by atoms with Crippen LogP contribution in [0.4, 0.5) is 0 Å². The van der Waals surface area contributed by atoms with Crippen molar-refractivity contribution in [1.29, 1.82) is 0 Å². The molecule has 0 saturated carbocycles. The smallest absolute Gasteiger partial charge is 0.160 e. The third-order valence-electron chi connectivity index (χ3n) is 12.2. The van der Waals surface area contributed by atoms with Crippen LogP contribution in [0.15, 0.2) is 224 Å². The van der Waals surface area contributed by atoms with E-state index in [-0.39, 0.29) is 0 Å². The third kappa shape index (κ3) is 5.98. The van der Waals surface area contributed by atoms with E-state index in [2.05, 4.69) is 223 Å². The minimum Gasteiger partial charge on any atom is -0.309 e. The van der Waals surface area contributed by atoms with Crippen LogP contribution in [0.3, 0.4) is 0 Å². The molecule has 61 heavy (non-hydrogen) atoms. The highest BCUT2D eigenvalue weighted by Crippen LogP contribution is 2.41. The molecule has 12 rings (SSSR count). The van der Waals surface area contributed by atoms with Crippen molar-refractivity contribution in [2.45, 2.75) is 0 Å². The van der Waals surface area contributed by atoms with Crippen molar-refractivity contribution in [3.8, 4) is 61.8 Å². The van der Waals surface area contributed by atoms with Gasteiger partial charge in [0.05, 0.1) is 22.4 Å². The van der Waals surface area contributed by atoms with Crippen molar-refractivity contribution in [2.24, 2.45) is 0 Å². The summed E-state index contributed by atoms with van der Waals surface area (Å²) in [4.78, 5) is 10.4. The van der Waals surface area contributed by atoms with Crippen molar-refractivity contribution in [1.82, 2.24) is 14.5 Å². The van der Waals surface area contributed by atoms with Crippen LogP contribution in [0.25, 0.3) is 116 Å². The van der Waals surface area contributed by atoms with Gasteiger partial charge in [-0.05, 0) is 97.0 Å². The largest absolute Gasteiger partial charge is 0.309 e. The van der Waals surface area contributed by atoms with Crippen LogP contribution in [0.5, 0.6) is 0 Å². The molecule has 0 aliphatic rings. The molecule has 3 nitrogen and oxygen atoms in total. The van der Waals surface area contributed by atoms with E-state index in [1.54, 1.807) is 0 Å². The Balaban J connectivity index is 0.934. The molecule has 2 heterocycles. The number of nitrogens with zero attached hydrogens (tertiary/aromatic N) is 3. The first kappa shape index (κ1) is 34.9. The van der Waals surface area contributed by atoms with Gasteiger partial charge in [0.15, 0.2) is 5.82 Å². The second-order valence-corrected chi connectivity index (χ2v) is 15.8. The van der Waals surface area contributed by atoms with Crippen LogP contribution < -0.4 is 0 Å². The van der Waals surface area contributed by atoms with Gasteiger partial charge in [-0.15, -0.1) is 0 Å². The predicted octanol–water partition coefficient (Wildman–Crippen LogP) is 15.4. The zero-order chi connectivity index (χ0) is 40.3. The highest BCUT2D eigenvalue weighted by Gasteiger charge is 2.16. The van der Waals surface area contributed by atoms with Crippen molar-refractivity contribution < 1.29 is 0 Å². The Labute approximate surface area is 353 Å². The van der Waals surface area contributed by atoms with E-state index >= 15 is 0 Å². The zero-order valence-electron chi connectivity index (χ0n) is 33.2. The summed E-state index contributed by atoms with van der Waals surface area (Å²) in [6.45, 7) is 0. The number of fused-ring (bicyclic) bond motifs is 7. The molecule has 284 valence electrons. The van der Waals surface area contributed by atoms with Gasteiger partial charge < -0.3 is 4.57 Å². The monoisotopic (exact) mass is 775 g/mol. The number of para-hydroxylation sites is 2. The van der Waals surface area contributed by atoms with E-state index in [4.69, 9.17) is 9.97 Å². The van der Waals surface area contributed by atoms with Crippen molar-refractivity contribution >= 4 is 54.1 Å². The zero-order valence-corrected chi connectivity index (χ0v) is 33.2. The van der Waals surface area contributed by atoms with Crippen LogP contribution in [-0.2, 0) is 0 Å². The van der Waals surface area contributed by atoms with Crippen LogP contribution in [0.1, 0.15) is 0 Å².